The second-order valence-electron chi connectivity index (χ2n) is 6.21. The number of piperazine rings is 1. The minimum absolute atomic E-state index is 0.0508. The lowest BCUT2D eigenvalue weighted by atomic mass is 9.91. The van der Waals surface area contributed by atoms with Crippen LogP contribution in [0.3, 0.4) is 0 Å². The highest BCUT2D eigenvalue weighted by Crippen LogP contribution is 2.30. The zero-order valence-electron chi connectivity index (χ0n) is 12.8. The van der Waals surface area contributed by atoms with Crippen molar-refractivity contribution in [2.45, 2.75) is 51.5 Å². The summed E-state index contributed by atoms with van der Waals surface area (Å²) in [5.41, 5.74) is 0.393. The quantitative estimate of drug-likeness (QED) is 0.916. The molecule has 1 aromatic carbocycles. The Labute approximate surface area is 124 Å². The van der Waals surface area contributed by atoms with Gasteiger partial charge in [0.1, 0.15) is 0 Å². The van der Waals surface area contributed by atoms with E-state index in [-0.39, 0.29) is 5.54 Å². The Kier molecular flexibility index (Phi) is 4.63. The monoisotopic (exact) mass is 300 g/mol. The predicted molar refractivity (Wildman–Crippen MR) is 78.0 cm³/mol. The highest BCUT2D eigenvalue weighted by Gasteiger charge is 2.35. The van der Waals surface area contributed by atoms with Gasteiger partial charge in [-0.15, -0.1) is 0 Å². The highest BCUT2D eigenvalue weighted by molar-refractivity contribution is 5.24. The number of rotatable bonds is 3. The van der Waals surface area contributed by atoms with Gasteiger partial charge in [0.2, 0.25) is 0 Å². The van der Waals surface area contributed by atoms with Gasteiger partial charge in [-0.25, -0.2) is 0 Å². The molecule has 21 heavy (non-hydrogen) atoms. The van der Waals surface area contributed by atoms with Gasteiger partial charge >= 0.3 is 6.18 Å². The molecule has 2 unspecified atom stereocenters. The summed E-state index contributed by atoms with van der Waals surface area (Å²) in [6.07, 6.45) is -3.26. The van der Waals surface area contributed by atoms with E-state index in [9.17, 15) is 13.2 Å². The zero-order valence-corrected chi connectivity index (χ0v) is 12.8. The van der Waals surface area contributed by atoms with Crippen LogP contribution in [0.2, 0.25) is 0 Å². The molecule has 0 bridgehead atoms. The number of hydrogen-bond donors (Lipinski definition) is 1. The molecule has 0 amide bonds. The van der Waals surface area contributed by atoms with Crippen molar-refractivity contribution < 1.29 is 13.2 Å². The third kappa shape index (κ3) is 3.77. The fourth-order valence-electron chi connectivity index (χ4n) is 2.74. The molecule has 1 aliphatic heterocycles. The maximum atomic E-state index is 12.6. The molecule has 1 aliphatic rings. The van der Waals surface area contributed by atoms with Crippen LogP contribution in [0, 0.1) is 0 Å². The minimum Gasteiger partial charge on any atom is -0.311 e. The molecule has 1 saturated heterocycles. The minimum atomic E-state index is -4.26. The first-order valence-electron chi connectivity index (χ1n) is 7.39. The molecule has 0 spiro atoms. The first-order valence-corrected chi connectivity index (χ1v) is 7.39. The molecular weight excluding hydrogens is 277 g/mol. The van der Waals surface area contributed by atoms with Crippen LogP contribution in [-0.4, -0.2) is 29.6 Å². The van der Waals surface area contributed by atoms with Crippen molar-refractivity contribution in [3.05, 3.63) is 35.4 Å². The van der Waals surface area contributed by atoms with E-state index < -0.39 is 11.7 Å². The van der Waals surface area contributed by atoms with Crippen molar-refractivity contribution >= 4 is 0 Å². The topological polar surface area (TPSA) is 15.3 Å². The van der Waals surface area contributed by atoms with E-state index in [2.05, 4.69) is 31.0 Å². The molecule has 1 N–H and O–H groups in total. The Morgan fingerprint density at radius 2 is 1.90 bits per heavy atom. The largest absolute Gasteiger partial charge is 0.416 e. The summed E-state index contributed by atoms with van der Waals surface area (Å²) in [6.45, 7) is 8.99. The van der Waals surface area contributed by atoms with Gasteiger partial charge in [0, 0.05) is 31.2 Å². The Bertz CT molecular complexity index is 469. The van der Waals surface area contributed by atoms with Crippen LogP contribution in [0.15, 0.2) is 24.3 Å². The highest BCUT2D eigenvalue weighted by atomic mass is 19.4. The predicted octanol–water partition coefficient (Wildman–Crippen LogP) is 3.67. The molecule has 2 atom stereocenters. The number of halogens is 3. The maximum absolute atomic E-state index is 12.6. The van der Waals surface area contributed by atoms with E-state index in [4.69, 9.17) is 0 Å². The average Bonchev–Trinajstić information content (AvgIpc) is 2.43. The molecule has 1 heterocycles. The van der Waals surface area contributed by atoms with Gasteiger partial charge < -0.3 is 5.32 Å². The first-order chi connectivity index (χ1) is 9.74. The Morgan fingerprint density at radius 1 is 1.29 bits per heavy atom. The molecule has 2 nitrogen and oxygen atoms in total. The van der Waals surface area contributed by atoms with Crippen molar-refractivity contribution in [2.24, 2.45) is 0 Å². The van der Waals surface area contributed by atoms with Gasteiger partial charge in [-0.05, 0) is 38.0 Å². The fourth-order valence-corrected chi connectivity index (χ4v) is 2.74. The molecule has 0 aliphatic carbocycles. The van der Waals surface area contributed by atoms with Gasteiger partial charge in [0.05, 0.1) is 5.56 Å². The van der Waals surface area contributed by atoms with E-state index in [0.29, 0.717) is 12.6 Å². The van der Waals surface area contributed by atoms with Crippen molar-refractivity contribution in [3.8, 4) is 0 Å². The molecule has 2 rings (SSSR count). The van der Waals surface area contributed by atoms with E-state index >= 15 is 0 Å². The van der Waals surface area contributed by atoms with Crippen molar-refractivity contribution in [2.75, 3.05) is 13.1 Å². The van der Waals surface area contributed by atoms with Crippen LogP contribution in [0.1, 0.15) is 38.3 Å². The lowest BCUT2D eigenvalue weighted by molar-refractivity contribution is -0.137. The summed E-state index contributed by atoms with van der Waals surface area (Å²) < 4.78 is 37.8. The molecule has 0 saturated carbocycles. The summed E-state index contributed by atoms with van der Waals surface area (Å²) in [4.78, 5) is 2.37. The van der Waals surface area contributed by atoms with E-state index in [1.165, 1.54) is 12.1 Å². The van der Waals surface area contributed by atoms with Gasteiger partial charge in [-0.1, -0.05) is 19.1 Å². The van der Waals surface area contributed by atoms with Crippen LogP contribution in [0.25, 0.3) is 0 Å². The summed E-state index contributed by atoms with van der Waals surface area (Å²) >= 11 is 0. The summed E-state index contributed by atoms with van der Waals surface area (Å²) in [7, 11) is 0. The van der Waals surface area contributed by atoms with Crippen LogP contribution in [0.5, 0.6) is 0 Å². The molecule has 118 valence electrons. The van der Waals surface area contributed by atoms with Crippen molar-refractivity contribution in [3.63, 3.8) is 0 Å². The number of nitrogens with one attached hydrogen (secondary N) is 1. The smallest absolute Gasteiger partial charge is 0.311 e. The zero-order chi connectivity index (χ0) is 15.7. The van der Waals surface area contributed by atoms with Crippen LogP contribution < -0.4 is 5.32 Å². The summed E-state index contributed by atoms with van der Waals surface area (Å²) in [5, 5.41) is 3.48. The second kappa shape index (κ2) is 5.97. The molecule has 5 heteroatoms. The molecule has 0 aromatic heterocycles. The van der Waals surface area contributed by atoms with E-state index in [1.807, 2.05) is 0 Å². The average molecular weight is 300 g/mol. The van der Waals surface area contributed by atoms with E-state index in [0.717, 1.165) is 25.1 Å². The van der Waals surface area contributed by atoms with Crippen LogP contribution in [0.4, 0.5) is 13.2 Å². The Morgan fingerprint density at radius 3 is 2.43 bits per heavy atom. The van der Waals surface area contributed by atoms with Crippen molar-refractivity contribution in [1.82, 2.24) is 10.2 Å². The Hall–Kier alpha value is -1.07. The van der Waals surface area contributed by atoms with E-state index in [1.54, 1.807) is 12.1 Å². The number of nitrogens with zero attached hydrogens (tertiary/aromatic N) is 1. The SMILES string of the molecule is CCC1(C)CNC(C)CN1Cc1ccc(C(F)(F)F)cc1. The molecular formula is C16H23F3N2. The molecule has 1 aromatic rings. The maximum Gasteiger partial charge on any atom is 0.416 e. The first kappa shape index (κ1) is 16.3. The van der Waals surface area contributed by atoms with Crippen LogP contribution >= 0.6 is 0 Å². The standard InChI is InChI=1S/C16H23F3N2/c1-4-15(3)11-20-12(2)9-21(15)10-13-5-7-14(8-6-13)16(17,18)19/h5-8,12,20H,4,9-11H2,1-3H3. The summed E-state index contributed by atoms with van der Waals surface area (Å²) in [6, 6.07) is 5.92. The van der Waals surface area contributed by atoms with Gasteiger partial charge in [-0.3, -0.25) is 4.90 Å². The third-order valence-corrected chi connectivity index (χ3v) is 4.51. The van der Waals surface area contributed by atoms with Crippen molar-refractivity contribution in [1.29, 1.82) is 0 Å². The third-order valence-electron chi connectivity index (χ3n) is 4.51. The number of hydrogen-bond acceptors (Lipinski definition) is 2. The summed E-state index contributed by atoms with van der Waals surface area (Å²) in [5.74, 6) is 0. The fraction of sp³-hybridized carbons (Fsp3) is 0.625. The number of benzene rings is 1. The van der Waals surface area contributed by atoms with Gasteiger partial charge in [-0.2, -0.15) is 13.2 Å². The number of alkyl halides is 3. The van der Waals surface area contributed by atoms with Gasteiger partial charge in [0.25, 0.3) is 0 Å². The molecule has 0 radical (unpaired) electrons. The van der Waals surface area contributed by atoms with Crippen LogP contribution in [-0.2, 0) is 12.7 Å². The Balaban J connectivity index is 2.12. The molecule has 1 fully saturated rings. The van der Waals surface area contributed by atoms with Gasteiger partial charge in [0.15, 0.2) is 0 Å². The lowest BCUT2D eigenvalue weighted by Gasteiger charge is -2.47. The lowest BCUT2D eigenvalue weighted by Crippen LogP contribution is -2.61. The normalized spacial score (nSPS) is 27.8. The second-order valence-corrected chi connectivity index (χ2v) is 6.21.